The van der Waals surface area contributed by atoms with E-state index < -0.39 is 21.2 Å². The van der Waals surface area contributed by atoms with Crippen molar-refractivity contribution >= 4 is 15.9 Å². The van der Waals surface area contributed by atoms with E-state index in [1.165, 1.54) is 11.4 Å². The van der Waals surface area contributed by atoms with Crippen LogP contribution in [0, 0.1) is 0 Å². The van der Waals surface area contributed by atoms with Crippen molar-refractivity contribution in [2.75, 3.05) is 33.4 Å². The first-order valence-electron chi connectivity index (χ1n) is 9.82. The maximum Gasteiger partial charge on any atom is 0.243 e. The van der Waals surface area contributed by atoms with Gasteiger partial charge in [0, 0.05) is 44.6 Å². The largest absolute Gasteiger partial charge is 0.496 e. The third-order valence-electron chi connectivity index (χ3n) is 5.27. The monoisotopic (exact) mass is 426 g/mol. The molecular weight excluding hydrogens is 396 g/mol. The van der Waals surface area contributed by atoms with Crippen LogP contribution in [0.5, 0.6) is 5.75 Å². The smallest absolute Gasteiger partial charge is 0.243 e. The van der Waals surface area contributed by atoms with Crippen LogP contribution < -0.4 is 10.1 Å². The summed E-state index contributed by atoms with van der Waals surface area (Å²) in [5.74, 6) is 0.418. The first-order valence-corrected chi connectivity index (χ1v) is 11.3. The maximum absolute atomic E-state index is 13.5. The average Bonchev–Trinajstić information content (AvgIpc) is 3.11. The SMILES string of the molecule is CCC(=O)NCc1cc(S(=O)(=O)N2CC(C)(C)OC3(CCOC3)C2)ccc1OC. The Morgan fingerprint density at radius 2 is 2.07 bits per heavy atom. The van der Waals surface area contributed by atoms with E-state index in [1.54, 1.807) is 25.1 Å². The Balaban J connectivity index is 1.90. The number of hydrogen-bond donors (Lipinski definition) is 1. The lowest BCUT2D eigenvalue weighted by atomic mass is 9.97. The second-order valence-corrected chi connectivity index (χ2v) is 10.2. The quantitative estimate of drug-likeness (QED) is 0.744. The van der Waals surface area contributed by atoms with Gasteiger partial charge in [-0.2, -0.15) is 4.31 Å². The van der Waals surface area contributed by atoms with Crippen LogP contribution in [0.15, 0.2) is 23.1 Å². The van der Waals surface area contributed by atoms with E-state index in [4.69, 9.17) is 14.2 Å². The molecule has 1 N–H and O–H groups in total. The highest BCUT2D eigenvalue weighted by atomic mass is 32.2. The van der Waals surface area contributed by atoms with Gasteiger partial charge in [0.25, 0.3) is 0 Å². The van der Waals surface area contributed by atoms with Crippen molar-refractivity contribution in [1.82, 2.24) is 9.62 Å². The molecule has 2 fully saturated rings. The molecule has 0 bridgehead atoms. The first-order chi connectivity index (χ1) is 13.6. The Morgan fingerprint density at radius 3 is 2.69 bits per heavy atom. The highest BCUT2D eigenvalue weighted by molar-refractivity contribution is 7.89. The number of nitrogens with zero attached hydrogens (tertiary/aromatic N) is 1. The number of nitrogens with one attached hydrogen (secondary N) is 1. The lowest BCUT2D eigenvalue weighted by Crippen LogP contribution is -2.61. The van der Waals surface area contributed by atoms with Gasteiger partial charge < -0.3 is 19.5 Å². The van der Waals surface area contributed by atoms with E-state index in [2.05, 4.69) is 5.32 Å². The van der Waals surface area contributed by atoms with Crippen LogP contribution in [0.25, 0.3) is 0 Å². The maximum atomic E-state index is 13.5. The number of rotatable bonds is 6. The van der Waals surface area contributed by atoms with E-state index in [1.807, 2.05) is 13.8 Å². The van der Waals surface area contributed by atoms with Gasteiger partial charge in [-0.3, -0.25) is 4.79 Å². The molecular formula is C20H30N2O6S. The van der Waals surface area contributed by atoms with Gasteiger partial charge in [-0.05, 0) is 32.0 Å². The number of hydrogen-bond acceptors (Lipinski definition) is 6. The van der Waals surface area contributed by atoms with Gasteiger partial charge in [0.1, 0.15) is 11.4 Å². The minimum Gasteiger partial charge on any atom is -0.496 e. The molecule has 162 valence electrons. The molecule has 0 aliphatic carbocycles. The summed E-state index contributed by atoms with van der Waals surface area (Å²) < 4.78 is 45.5. The second-order valence-electron chi connectivity index (χ2n) is 8.22. The summed E-state index contributed by atoms with van der Waals surface area (Å²) in [4.78, 5) is 11.8. The van der Waals surface area contributed by atoms with E-state index in [0.29, 0.717) is 37.4 Å². The molecule has 1 aromatic carbocycles. The molecule has 1 unspecified atom stereocenters. The Hall–Kier alpha value is -1.68. The first kappa shape index (κ1) is 22.0. The third kappa shape index (κ3) is 4.74. The topological polar surface area (TPSA) is 94.2 Å². The van der Waals surface area contributed by atoms with Crippen molar-refractivity contribution in [1.29, 1.82) is 0 Å². The highest BCUT2D eigenvalue weighted by Gasteiger charge is 2.49. The lowest BCUT2D eigenvalue weighted by Gasteiger charge is -2.47. The molecule has 2 aliphatic rings. The number of carbonyl (C=O) groups excluding carboxylic acids is 1. The molecule has 1 atom stereocenters. The number of ether oxygens (including phenoxy) is 3. The minimum atomic E-state index is -3.76. The zero-order valence-corrected chi connectivity index (χ0v) is 18.3. The fourth-order valence-corrected chi connectivity index (χ4v) is 5.65. The summed E-state index contributed by atoms with van der Waals surface area (Å²) in [6.07, 6.45) is 1.02. The van der Waals surface area contributed by atoms with Crippen molar-refractivity contribution in [3.8, 4) is 5.75 Å². The van der Waals surface area contributed by atoms with Crippen LogP contribution >= 0.6 is 0 Å². The fraction of sp³-hybridized carbons (Fsp3) is 0.650. The van der Waals surface area contributed by atoms with Crippen LogP contribution in [0.2, 0.25) is 0 Å². The Morgan fingerprint density at radius 1 is 1.31 bits per heavy atom. The summed E-state index contributed by atoms with van der Waals surface area (Å²) in [7, 11) is -2.24. The zero-order chi connectivity index (χ0) is 21.3. The molecule has 0 aromatic heterocycles. The Kier molecular flexibility index (Phi) is 6.24. The van der Waals surface area contributed by atoms with Crippen LogP contribution in [0.4, 0.5) is 0 Å². The summed E-state index contributed by atoms with van der Waals surface area (Å²) >= 11 is 0. The average molecular weight is 427 g/mol. The van der Waals surface area contributed by atoms with Gasteiger partial charge >= 0.3 is 0 Å². The van der Waals surface area contributed by atoms with Gasteiger partial charge in [0.05, 0.1) is 24.2 Å². The molecule has 1 amide bonds. The van der Waals surface area contributed by atoms with Crippen molar-refractivity contribution in [2.24, 2.45) is 0 Å². The fourth-order valence-electron chi connectivity index (χ4n) is 3.94. The Labute approximate surface area is 172 Å². The van der Waals surface area contributed by atoms with Crippen molar-refractivity contribution < 1.29 is 27.4 Å². The minimum absolute atomic E-state index is 0.113. The molecule has 2 aliphatic heterocycles. The third-order valence-corrected chi connectivity index (χ3v) is 7.06. The van der Waals surface area contributed by atoms with E-state index in [0.717, 1.165) is 0 Å². The number of methoxy groups -OCH3 is 1. The van der Waals surface area contributed by atoms with Crippen molar-refractivity contribution in [3.05, 3.63) is 23.8 Å². The summed E-state index contributed by atoms with van der Waals surface area (Å²) in [6, 6.07) is 4.74. The molecule has 3 rings (SSSR count). The van der Waals surface area contributed by atoms with Gasteiger partial charge in [0.15, 0.2) is 0 Å². The van der Waals surface area contributed by atoms with Gasteiger partial charge in [-0.25, -0.2) is 8.42 Å². The van der Waals surface area contributed by atoms with Crippen LogP contribution in [0.3, 0.4) is 0 Å². The predicted molar refractivity (Wildman–Crippen MR) is 107 cm³/mol. The summed E-state index contributed by atoms with van der Waals surface area (Å²) in [5, 5.41) is 2.77. The second kappa shape index (κ2) is 8.22. The van der Waals surface area contributed by atoms with E-state index in [9.17, 15) is 13.2 Å². The van der Waals surface area contributed by atoms with Gasteiger partial charge in [-0.1, -0.05) is 6.92 Å². The molecule has 0 radical (unpaired) electrons. The number of sulfonamides is 1. The normalized spacial score (nSPS) is 24.6. The van der Waals surface area contributed by atoms with Crippen LogP contribution in [-0.2, 0) is 30.8 Å². The van der Waals surface area contributed by atoms with Gasteiger partial charge in [0.2, 0.25) is 15.9 Å². The Bertz CT molecular complexity index is 862. The number of amides is 1. The molecule has 8 nitrogen and oxygen atoms in total. The van der Waals surface area contributed by atoms with Gasteiger partial charge in [-0.15, -0.1) is 0 Å². The van der Waals surface area contributed by atoms with Crippen molar-refractivity contribution in [2.45, 2.75) is 56.3 Å². The number of carbonyl (C=O) groups is 1. The standard InChI is InChI=1S/C20H30N2O6S/c1-5-18(23)21-11-15-10-16(6-7-17(15)26-4)29(24,25)22-12-19(2,3)28-20(13-22)8-9-27-14-20/h6-7,10H,5,8-9,11-14H2,1-4H3,(H,21,23). The molecule has 2 saturated heterocycles. The molecule has 1 aromatic rings. The molecule has 2 heterocycles. The molecule has 9 heteroatoms. The zero-order valence-electron chi connectivity index (χ0n) is 17.5. The van der Waals surface area contributed by atoms with E-state index >= 15 is 0 Å². The molecule has 1 spiro atoms. The van der Waals surface area contributed by atoms with Crippen molar-refractivity contribution in [3.63, 3.8) is 0 Å². The van der Waals surface area contributed by atoms with Crippen LogP contribution in [-0.4, -0.2) is 63.2 Å². The van der Waals surface area contributed by atoms with E-state index in [-0.39, 0.29) is 30.4 Å². The highest BCUT2D eigenvalue weighted by Crippen LogP contribution is 2.37. The number of morpholine rings is 1. The lowest BCUT2D eigenvalue weighted by molar-refractivity contribution is -0.180. The molecule has 0 saturated carbocycles. The van der Waals surface area contributed by atoms with Crippen LogP contribution in [0.1, 0.15) is 39.2 Å². The predicted octanol–water partition coefficient (Wildman–Crippen LogP) is 1.68. The summed E-state index contributed by atoms with van der Waals surface area (Å²) in [6.45, 7) is 7.22. The number of benzene rings is 1. The molecule has 29 heavy (non-hydrogen) atoms. The summed E-state index contributed by atoms with van der Waals surface area (Å²) in [5.41, 5.74) is -0.621.